The fraction of sp³-hybridized carbons (Fsp3) is 0.154. The van der Waals surface area contributed by atoms with Gasteiger partial charge in [-0.15, -0.1) is 10.2 Å². The van der Waals surface area contributed by atoms with Gasteiger partial charge in [0, 0.05) is 15.7 Å². The third kappa shape index (κ3) is 7.40. The van der Waals surface area contributed by atoms with Gasteiger partial charge in [0.15, 0.2) is 11.0 Å². The van der Waals surface area contributed by atoms with Gasteiger partial charge in [-0.3, -0.25) is 14.2 Å². The zero-order valence-corrected chi connectivity index (χ0v) is 23.4. The molecule has 0 aliphatic rings. The molecule has 4 aromatic rings. The molecule has 0 spiro atoms. The van der Waals surface area contributed by atoms with Crippen molar-refractivity contribution in [1.82, 2.24) is 20.1 Å². The highest BCUT2D eigenvalue weighted by Gasteiger charge is 2.31. The van der Waals surface area contributed by atoms with Gasteiger partial charge in [0.1, 0.15) is 0 Å². The van der Waals surface area contributed by atoms with Crippen molar-refractivity contribution in [3.05, 3.63) is 98.7 Å². The second-order valence-corrected chi connectivity index (χ2v) is 10.6. The van der Waals surface area contributed by atoms with Crippen LogP contribution in [0.25, 0.3) is 5.69 Å². The average Bonchev–Trinajstić information content (AvgIpc) is 3.30. The van der Waals surface area contributed by atoms with Crippen molar-refractivity contribution in [2.24, 2.45) is 0 Å². The summed E-state index contributed by atoms with van der Waals surface area (Å²) in [6.45, 7) is 1.95. The minimum absolute atomic E-state index is 0.0222. The lowest BCUT2D eigenvalue weighted by molar-refractivity contribution is -0.137. The van der Waals surface area contributed by atoms with Crippen LogP contribution in [0.15, 0.2) is 76.4 Å². The van der Waals surface area contributed by atoms with E-state index in [0.717, 1.165) is 40.0 Å². The monoisotopic (exact) mass is 637 g/mol. The molecule has 0 saturated carbocycles. The smallest absolute Gasteiger partial charge is 0.345 e. The van der Waals surface area contributed by atoms with Crippen molar-refractivity contribution in [2.45, 2.75) is 24.8 Å². The van der Waals surface area contributed by atoms with Gasteiger partial charge in [-0.1, -0.05) is 57.0 Å². The van der Waals surface area contributed by atoms with Gasteiger partial charge in [-0.2, -0.15) is 13.2 Å². The van der Waals surface area contributed by atoms with Gasteiger partial charge in [-0.25, -0.2) is 0 Å². The molecule has 0 fully saturated rings. The molecule has 3 aromatic carbocycles. The zero-order valence-electron chi connectivity index (χ0n) is 20.2. The Morgan fingerprint density at radius 1 is 1.05 bits per heavy atom. The number of hydrogen-bond donors (Lipinski definition) is 2. The van der Waals surface area contributed by atoms with Crippen LogP contribution in [0.2, 0.25) is 5.02 Å². The first-order valence-electron chi connectivity index (χ1n) is 11.4. The summed E-state index contributed by atoms with van der Waals surface area (Å²) in [7, 11) is 0. The highest BCUT2D eigenvalue weighted by Crippen LogP contribution is 2.34. The molecule has 0 radical (unpaired) electrons. The van der Waals surface area contributed by atoms with Crippen LogP contribution in [0.3, 0.4) is 0 Å². The van der Waals surface area contributed by atoms with E-state index in [9.17, 15) is 22.8 Å². The molecule has 13 heteroatoms. The molecule has 202 valence electrons. The predicted molar refractivity (Wildman–Crippen MR) is 147 cm³/mol. The molecule has 0 unspecified atom stereocenters. The number of thioether (sulfide) groups is 1. The Bertz CT molecular complexity index is 1510. The maximum atomic E-state index is 13.1. The van der Waals surface area contributed by atoms with Gasteiger partial charge >= 0.3 is 6.18 Å². The molecule has 0 atom stereocenters. The molecule has 0 aliphatic heterocycles. The first-order chi connectivity index (χ1) is 18.5. The number of carbonyl (C=O) groups is 2. The molecule has 1 aromatic heterocycles. The van der Waals surface area contributed by atoms with Crippen LogP contribution in [0.4, 0.5) is 18.9 Å². The lowest BCUT2D eigenvalue weighted by atomic mass is 10.1. The van der Waals surface area contributed by atoms with E-state index in [1.165, 1.54) is 0 Å². The molecule has 2 N–H and O–H groups in total. The van der Waals surface area contributed by atoms with Gasteiger partial charge in [0.2, 0.25) is 5.91 Å². The van der Waals surface area contributed by atoms with Gasteiger partial charge < -0.3 is 10.6 Å². The summed E-state index contributed by atoms with van der Waals surface area (Å²) in [5, 5.41) is 14.0. The molecule has 2 amide bonds. The molecule has 0 bridgehead atoms. The number of hydrogen-bond acceptors (Lipinski definition) is 5. The minimum atomic E-state index is -4.58. The number of amides is 2. The summed E-state index contributed by atoms with van der Waals surface area (Å²) < 4.78 is 41.7. The normalized spacial score (nSPS) is 11.3. The zero-order chi connectivity index (χ0) is 28.2. The SMILES string of the molecule is Cc1cccc(C(=O)NCc2nnc(SCC(=O)Nc3cc(C(F)(F)F)ccc3Cl)n2-c2ccc(Br)cc2)c1. The van der Waals surface area contributed by atoms with Crippen LogP contribution in [-0.4, -0.2) is 32.3 Å². The molecular weight excluding hydrogens is 619 g/mol. The van der Waals surface area contributed by atoms with Crippen LogP contribution in [0.5, 0.6) is 0 Å². The highest BCUT2D eigenvalue weighted by atomic mass is 79.9. The second kappa shape index (κ2) is 12.2. The molecular formula is C26H20BrClF3N5O2S. The summed E-state index contributed by atoms with van der Waals surface area (Å²) in [5.41, 5.74) is 1.06. The van der Waals surface area contributed by atoms with Crippen LogP contribution in [0.1, 0.15) is 27.3 Å². The van der Waals surface area contributed by atoms with Crippen molar-refractivity contribution in [3.63, 3.8) is 0 Å². The summed E-state index contributed by atoms with van der Waals surface area (Å²) in [6, 6.07) is 17.1. The van der Waals surface area contributed by atoms with E-state index in [1.807, 2.05) is 37.3 Å². The van der Waals surface area contributed by atoms with Crippen LogP contribution in [-0.2, 0) is 17.5 Å². The molecule has 39 heavy (non-hydrogen) atoms. The summed E-state index contributed by atoms with van der Waals surface area (Å²) in [5.74, 6) is -0.629. The number of alkyl halides is 3. The quantitative estimate of drug-likeness (QED) is 0.211. The first-order valence-corrected chi connectivity index (χ1v) is 13.5. The topological polar surface area (TPSA) is 88.9 Å². The Balaban J connectivity index is 1.51. The molecule has 0 saturated heterocycles. The average molecular weight is 639 g/mol. The van der Waals surface area contributed by atoms with Crippen molar-refractivity contribution in [1.29, 1.82) is 0 Å². The fourth-order valence-corrected chi connectivity index (χ4v) is 4.72. The van der Waals surface area contributed by atoms with E-state index in [4.69, 9.17) is 11.6 Å². The van der Waals surface area contributed by atoms with Crippen molar-refractivity contribution < 1.29 is 22.8 Å². The maximum Gasteiger partial charge on any atom is 0.416 e. The molecule has 4 rings (SSSR count). The van der Waals surface area contributed by atoms with E-state index < -0.39 is 17.6 Å². The van der Waals surface area contributed by atoms with E-state index in [2.05, 4.69) is 36.8 Å². The first kappa shape index (κ1) is 28.7. The van der Waals surface area contributed by atoms with Crippen LogP contribution in [0, 0.1) is 6.92 Å². The van der Waals surface area contributed by atoms with E-state index in [1.54, 1.807) is 22.8 Å². The Labute approximate surface area is 239 Å². The van der Waals surface area contributed by atoms with Crippen molar-refractivity contribution >= 4 is 56.8 Å². The second-order valence-electron chi connectivity index (χ2n) is 8.29. The van der Waals surface area contributed by atoms with Crippen molar-refractivity contribution in [3.8, 4) is 5.69 Å². The van der Waals surface area contributed by atoms with Crippen LogP contribution < -0.4 is 10.6 Å². The number of aryl methyl sites for hydroxylation is 1. The summed E-state index contributed by atoms with van der Waals surface area (Å²) in [4.78, 5) is 25.3. The third-order valence-electron chi connectivity index (χ3n) is 5.37. The van der Waals surface area contributed by atoms with E-state index in [0.29, 0.717) is 22.2 Å². The van der Waals surface area contributed by atoms with Crippen molar-refractivity contribution in [2.75, 3.05) is 11.1 Å². The number of aromatic nitrogens is 3. The Hall–Kier alpha value is -3.35. The van der Waals surface area contributed by atoms with Gasteiger partial charge in [0.25, 0.3) is 5.91 Å². The number of benzene rings is 3. The Kier molecular flexibility index (Phi) is 8.98. The fourth-order valence-electron chi connectivity index (χ4n) is 3.52. The number of nitrogens with one attached hydrogen (secondary N) is 2. The Morgan fingerprint density at radius 3 is 2.49 bits per heavy atom. The lowest BCUT2D eigenvalue weighted by Crippen LogP contribution is -2.24. The van der Waals surface area contributed by atoms with E-state index >= 15 is 0 Å². The number of rotatable bonds is 8. The Morgan fingerprint density at radius 2 is 1.79 bits per heavy atom. The molecule has 1 heterocycles. The predicted octanol–water partition coefficient (Wildman–Crippen LogP) is 6.67. The minimum Gasteiger partial charge on any atom is -0.345 e. The van der Waals surface area contributed by atoms with Crippen LogP contribution >= 0.6 is 39.3 Å². The summed E-state index contributed by atoms with van der Waals surface area (Å²) >= 11 is 10.4. The lowest BCUT2D eigenvalue weighted by Gasteiger charge is -2.13. The standard InChI is InChI=1S/C26H20BrClF3N5O2S/c1-15-3-2-4-16(11-15)24(38)32-13-22-34-35-25(36(22)19-8-6-18(27)7-9-19)39-14-23(37)33-21-12-17(26(29,30)31)5-10-20(21)28/h2-12H,13-14H2,1H3,(H,32,38)(H,33,37). The highest BCUT2D eigenvalue weighted by molar-refractivity contribution is 9.10. The number of halogens is 5. The van der Waals surface area contributed by atoms with E-state index in [-0.39, 0.29) is 28.9 Å². The van der Waals surface area contributed by atoms with Gasteiger partial charge in [0.05, 0.1) is 28.6 Å². The maximum absolute atomic E-state index is 13.1. The number of nitrogens with zero attached hydrogens (tertiary/aromatic N) is 3. The number of anilines is 1. The third-order valence-corrected chi connectivity index (χ3v) is 7.16. The molecule has 7 nitrogen and oxygen atoms in total. The largest absolute Gasteiger partial charge is 0.416 e. The number of carbonyl (C=O) groups excluding carboxylic acids is 2. The van der Waals surface area contributed by atoms with Gasteiger partial charge in [-0.05, 0) is 61.5 Å². The molecule has 0 aliphatic carbocycles. The summed E-state index contributed by atoms with van der Waals surface area (Å²) in [6.07, 6.45) is -4.58.